The Morgan fingerprint density at radius 3 is 1.50 bits per heavy atom. The van der Waals surface area contributed by atoms with Crippen LogP contribution in [0.15, 0.2) is 161 Å². The molecule has 3 amide bonds. The maximum atomic E-state index is 13.4. The van der Waals surface area contributed by atoms with Gasteiger partial charge in [0, 0.05) is 115 Å². The molecule has 12 nitrogen and oxygen atoms in total. The lowest BCUT2D eigenvalue weighted by atomic mass is 9.74. The van der Waals surface area contributed by atoms with Crippen LogP contribution in [0.5, 0.6) is 5.75 Å². The summed E-state index contributed by atoms with van der Waals surface area (Å²) in [6.07, 6.45) is 5.51. The minimum atomic E-state index is -3.32. The van der Waals surface area contributed by atoms with Gasteiger partial charge < -0.3 is 36.6 Å². The molecule has 0 aliphatic carbocycles. The van der Waals surface area contributed by atoms with E-state index in [1.165, 1.54) is 32.7 Å². The minimum absolute atomic E-state index is 0.00948. The standard InChI is InChI=1S/C28H30N2O2.C20H20Cl2N2O3S.C20H20Cl2N2OS/c29-19-21-11-12-26-25(17-21)28(20-32-26)13-15-30(16-14-28)27(31)18-24(22-7-3-1-4-8-22)23-9-5-2-6-10-23;21-16-3-2-14(10-17(16)22)19(25)24-7-5-20(6-8-24)12-28(26,27)18-4-1-13(11-23)9-15(18)20;21-16-3-2-14(10-17(16)22)19(25)24-7-5-20(6-8-24)12-26-18-4-1-13(11-23)9-15(18)20/h1-12,17,24H,13-16,18-20,29H2;1-4,9-10H,5-8,11-12,23H2;1-4,9-10H,5-8,11-12,23H2. The monoisotopic (exact) mass is 1270 g/mol. The highest BCUT2D eigenvalue weighted by Gasteiger charge is 2.50. The van der Waals surface area contributed by atoms with Gasteiger partial charge in [0.2, 0.25) is 5.91 Å². The molecule has 3 saturated heterocycles. The van der Waals surface area contributed by atoms with E-state index in [2.05, 4.69) is 53.4 Å². The van der Waals surface area contributed by atoms with Gasteiger partial charge in [-0.3, -0.25) is 14.4 Å². The molecule has 0 bridgehead atoms. The molecule has 6 aliphatic rings. The van der Waals surface area contributed by atoms with Crippen LogP contribution in [-0.2, 0) is 50.5 Å². The van der Waals surface area contributed by atoms with Crippen molar-refractivity contribution < 1.29 is 27.5 Å². The third-order valence-corrected chi connectivity index (χ3v) is 23.4. The molecule has 6 aliphatic heterocycles. The highest BCUT2D eigenvalue weighted by molar-refractivity contribution is 7.99. The normalized spacial score (nSPS) is 18.1. The summed E-state index contributed by atoms with van der Waals surface area (Å²) in [6, 6.07) is 48.9. The number of carbonyl (C=O) groups excluding carboxylic acids is 3. The first-order valence-corrected chi connectivity index (χ1v) is 33.5. The van der Waals surface area contributed by atoms with Crippen LogP contribution in [0.4, 0.5) is 0 Å². The fourth-order valence-electron chi connectivity index (χ4n) is 13.4. The molecule has 6 heterocycles. The summed E-state index contributed by atoms with van der Waals surface area (Å²) in [6.45, 7) is 6.19. The number of benzene rings is 7. The predicted octanol–water partition coefficient (Wildman–Crippen LogP) is 12.8. The summed E-state index contributed by atoms with van der Waals surface area (Å²) < 4.78 is 31.4. The van der Waals surface area contributed by atoms with Gasteiger partial charge >= 0.3 is 0 Å². The Morgan fingerprint density at radius 1 is 0.512 bits per heavy atom. The van der Waals surface area contributed by atoms with Crippen molar-refractivity contribution in [3.63, 3.8) is 0 Å². The Kier molecular flexibility index (Phi) is 18.7. The Balaban J connectivity index is 0.000000135. The van der Waals surface area contributed by atoms with Crippen molar-refractivity contribution >= 4 is 85.7 Å². The summed E-state index contributed by atoms with van der Waals surface area (Å²) in [5.74, 6) is 2.37. The number of piperidine rings is 3. The van der Waals surface area contributed by atoms with Crippen molar-refractivity contribution in [3.05, 3.63) is 227 Å². The largest absolute Gasteiger partial charge is 0.492 e. The Morgan fingerprint density at radius 2 is 0.977 bits per heavy atom. The van der Waals surface area contributed by atoms with Crippen molar-refractivity contribution in [1.82, 2.24) is 14.7 Å². The molecular weight excluding hydrogens is 1200 g/mol. The molecule has 0 radical (unpaired) electrons. The van der Waals surface area contributed by atoms with Gasteiger partial charge in [-0.1, -0.05) is 143 Å². The Bertz CT molecular complexity index is 3740. The molecule has 86 heavy (non-hydrogen) atoms. The quantitative estimate of drug-likeness (QED) is 0.126. The van der Waals surface area contributed by atoms with Crippen molar-refractivity contribution in [2.75, 3.05) is 57.4 Å². The Hall–Kier alpha value is -5.91. The summed E-state index contributed by atoms with van der Waals surface area (Å²) in [7, 11) is -3.32. The molecule has 0 atom stereocenters. The lowest BCUT2D eigenvalue weighted by molar-refractivity contribution is -0.133. The van der Waals surface area contributed by atoms with E-state index in [0.717, 1.165) is 80.1 Å². The van der Waals surface area contributed by atoms with Crippen molar-refractivity contribution in [2.24, 2.45) is 17.2 Å². The molecule has 448 valence electrons. The molecular formula is C68H70Cl4N6O6S2. The number of nitrogens with two attached hydrogens (primary N) is 3. The van der Waals surface area contributed by atoms with Crippen molar-refractivity contribution in [1.29, 1.82) is 0 Å². The zero-order valence-corrected chi connectivity index (χ0v) is 52.5. The number of ether oxygens (including phenoxy) is 1. The second kappa shape index (κ2) is 26.0. The first-order chi connectivity index (χ1) is 41.5. The lowest BCUT2D eigenvalue weighted by Crippen LogP contribution is -2.46. The molecule has 3 spiro atoms. The van der Waals surface area contributed by atoms with Gasteiger partial charge in [-0.2, -0.15) is 0 Å². The van der Waals surface area contributed by atoms with Gasteiger partial charge in [-0.15, -0.1) is 11.8 Å². The van der Waals surface area contributed by atoms with E-state index in [9.17, 15) is 22.8 Å². The van der Waals surface area contributed by atoms with Crippen LogP contribution in [-0.4, -0.2) is 98.2 Å². The summed E-state index contributed by atoms with van der Waals surface area (Å²) >= 11 is 25.9. The van der Waals surface area contributed by atoms with Gasteiger partial charge in [0.1, 0.15) is 5.75 Å². The molecule has 13 rings (SSSR count). The summed E-state index contributed by atoms with van der Waals surface area (Å²) in [5.41, 5.74) is 27.4. The van der Waals surface area contributed by atoms with Gasteiger partial charge in [0.25, 0.3) is 11.8 Å². The van der Waals surface area contributed by atoms with Crippen LogP contribution in [0, 0.1) is 0 Å². The molecule has 0 aromatic heterocycles. The highest BCUT2D eigenvalue weighted by Crippen LogP contribution is 2.51. The number of carbonyl (C=O) groups is 3. The summed E-state index contributed by atoms with van der Waals surface area (Å²) in [5, 5.41) is 1.63. The lowest BCUT2D eigenvalue weighted by Gasteiger charge is -2.39. The topological polar surface area (TPSA) is 182 Å². The smallest absolute Gasteiger partial charge is 0.253 e. The third kappa shape index (κ3) is 12.7. The van der Waals surface area contributed by atoms with Gasteiger partial charge in [-0.25, -0.2) is 8.42 Å². The number of likely N-dealkylation sites (tertiary alicyclic amines) is 3. The van der Waals surface area contributed by atoms with Crippen LogP contribution in [0.3, 0.4) is 0 Å². The van der Waals surface area contributed by atoms with Crippen molar-refractivity contribution in [3.8, 4) is 5.75 Å². The molecule has 6 N–H and O–H groups in total. The number of rotatable bonds is 9. The van der Waals surface area contributed by atoms with E-state index in [-0.39, 0.29) is 40.2 Å². The number of fused-ring (bicyclic) bond motifs is 6. The zero-order valence-electron chi connectivity index (χ0n) is 47.8. The predicted molar refractivity (Wildman–Crippen MR) is 345 cm³/mol. The van der Waals surface area contributed by atoms with Crippen LogP contribution in [0.25, 0.3) is 0 Å². The maximum Gasteiger partial charge on any atom is 0.253 e. The average molecular weight is 1270 g/mol. The number of hydrogen-bond acceptors (Lipinski definition) is 10. The van der Waals surface area contributed by atoms with Gasteiger partial charge in [0.15, 0.2) is 9.84 Å². The Labute approximate surface area is 528 Å². The number of sulfone groups is 1. The van der Waals surface area contributed by atoms with E-state index in [4.69, 9.17) is 68.3 Å². The van der Waals surface area contributed by atoms with Crippen LogP contribution in [0.1, 0.15) is 116 Å². The molecule has 7 aromatic carbocycles. The molecule has 0 unspecified atom stereocenters. The first-order valence-electron chi connectivity index (χ1n) is 29.3. The molecule has 7 aromatic rings. The molecule has 0 saturated carbocycles. The van der Waals surface area contributed by atoms with Crippen LogP contribution >= 0.6 is 58.2 Å². The van der Waals surface area contributed by atoms with E-state index in [1.54, 1.807) is 53.4 Å². The number of amides is 3. The number of nitrogens with zero attached hydrogens (tertiary/aromatic N) is 3. The second-order valence-corrected chi connectivity index (χ2v) is 28.2. The van der Waals surface area contributed by atoms with E-state index >= 15 is 0 Å². The van der Waals surface area contributed by atoms with Crippen LogP contribution < -0.4 is 21.9 Å². The first kappa shape index (κ1) is 61.7. The van der Waals surface area contributed by atoms with E-state index in [1.807, 2.05) is 71.3 Å². The zero-order chi connectivity index (χ0) is 60.4. The van der Waals surface area contributed by atoms with Gasteiger partial charge in [-0.05, 0) is 132 Å². The number of hydrogen-bond donors (Lipinski definition) is 3. The van der Waals surface area contributed by atoms with Crippen LogP contribution in [0.2, 0.25) is 20.1 Å². The van der Waals surface area contributed by atoms with E-state index < -0.39 is 15.3 Å². The summed E-state index contributed by atoms with van der Waals surface area (Å²) in [4.78, 5) is 46.5. The maximum absolute atomic E-state index is 13.4. The number of thioether (sulfide) groups is 1. The highest BCUT2D eigenvalue weighted by atomic mass is 35.5. The minimum Gasteiger partial charge on any atom is -0.492 e. The second-order valence-electron chi connectivity index (χ2n) is 23.6. The SMILES string of the molecule is NCc1ccc2c(c1)C1(CCN(C(=O)CC(c3ccccc3)c3ccccc3)CC1)CO2.NCc1ccc2c(c1)C1(CCN(C(=O)c3ccc(Cl)c(Cl)c3)CC1)CS2.NCc1ccc2c(c1)C1(CCN(C(=O)c3ccc(Cl)c(Cl)c3)CC1)CS2(=O)=O. The number of halogens is 4. The fraction of sp³-hybridized carbons (Fsp3) is 0.338. The molecule has 3 fully saturated rings. The van der Waals surface area contributed by atoms with E-state index in [0.29, 0.717) is 94.7 Å². The fourth-order valence-corrected chi connectivity index (χ4v) is 17.7. The third-order valence-electron chi connectivity index (χ3n) is 18.6. The molecule has 18 heteroatoms. The van der Waals surface area contributed by atoms with Gasteiger partial charge in [0.05, 0.1) is 37.3 Å². The average Bonchev–Trinajstić information content (AvgIpc) is 1.79. The van der Waals surface area contributed by atoms with Crippen molar-refractivity contribution in [2.45, 2.75) is 96.5 Å².